The first-order valence-corrected chi connectivity index (χ1v) is 5.27. The number of hydrogen-bond acceptors (Lipinski definition) is 4. The Labute approximate surface area is 99.0 Å². The second-order valence-electron chi connectivity index (χ2n) is 3.76. The normalized spacial score (nSPS) is 10.8. The molecular formula is C11H16N2O4. The molecule has 0 radical (unpaired) electrons. The Morgan fingerprint density at radius 2 is 2.18 bits per heavy atom. The van der Waals surface area contributed by atoms with Gasteiger partial charge in [-0.15, -0.1) is 0 Å². The second kappa shape index (κ2) is 5.49. The molecule has 0 aromatic carbocycles. The summed E-state index contributed by atoms with van der Waals surface area (Å²) in [5, 5.41) is 8.87. The van der Waals surface area contributed by atoms with Gasteiger partial charge in [-0.05, 0) is 19.5 Å². The number of aryl methyl sites for hydroxylation is 1. The molecule has 1 heterocycles. The van der Waals surface area contributed by atoms with Gasteiger partial charge in [0.1, 0.15) is 17.1 Å². The molecule has 0 unspecified atom stereocenters. The number of nitrogens with zero attached hydrogens (tertiary/aromatic N) is 1. The number of carboxylic acids is 1. The van der Waals surface area contributed by atoms with Gasteiger partial charge >= 0.3 is 5.97 Å². The van der Waals surface area contributed by atoms with Gasteiger partial charge in [0.2, 0.25) is 5.91 Å². The fourth-order valence-electron chi connectivity index (χ4n) is 1.55. The molecule has 1 rings (SSSR count). The standard InChI is InChI=1S/C11H16N2O4/c1-3-13(6-10(12)14)5-8-4-9(11(15)16)7(2)17-8/h4H,3,5-6H2,1-2H3,(H2,12,14)(H,15,16). The van der Waals surface area contributed by atoms with Gasteiger partial charge in [0.25, 0.3) is 0 Å². The predicted molar refractivity (Wildman–Crippen MR) is 60.5 cm³/mol. The maximum absolute atomic E-state index is 10.8. The smallest absolute Gasteiger partial charge is 0.339 e. The summed E-state index contributed by atoms with van der Waals surface area (Å²) in [7, 11) is 0. The molecule has 0 fully saturated rings. The van der Waals surface area contributed by atoms with Gasteiger partial charge in [-0.3, -0.25) is 9.69 Å². The summed E-state index contributed by atoms with van der Waals surface area (Å²) >= 11 is 0. The lowest BCUT2D eigenvalue weighted by molar-refractivity contribution is -0.119. The number of hydrogen-bond donors (Lipinski definition) is 2. The molecule has 6 nitrogen and oxygen atoms in total. The van der Waals surface area contributed by atoms with Crippen LogP contribution in [0.5, 0.6) is 0 Å². The number of amides is 1. The Hall–Kier alpha value is -1.82. The SMILES string of the molecule is CCN(CC(N)=O)Cc1cc(C(=O)O)c(C)o1. The summed E-state index contributed by atoms with van der Waals surface area (Å²) in [6.07, 6.45) is 0. The van der Waals surface area contributed by atoms with E-state index in [9.17, 15) is 9.59 Å². The van der Waals surface area contributed by atoms with E-state index in [0.717, 1.165) is 0 Å². The first-order chi connectivity index (χ1) is 7.93. The van der Waals surface area contributed by atoms with Crippen LogP contribution in [0.25, 0.3) is 0 Å². The summed E-state index contributed by atoms with van der Waals surface area (Å²) in [6, 6.07) is 1.47. The predicted octanol–water partition coefficient (Wildman–Crippen LogP) is 0.593. The number of carbonyl (C=O) groups excluding carboxylic acids is 1. The van der Waals surface area contributed by atoms with Crippen molar-refractivity contribution in [3.8, 4) is 0 Å². The van der Waals surface area contributed by atoms with Crippen molar-refractivity contribution in [2.24, 2.45) is 5.73 Å². The van der Waals surface area contributed by atoms with Crippen molar-refractivity contribution in [3.05, 3.63) is 23.2 Å². The number of rotatable bonds is 6. The Kier molecular flexibility index (Phi) is 4.28. The Morgan fingerprint density at radius 3 is 2.59 bits per heavy atom. The fourth-order valence-corrected chi connectivity index (χ4v) is 1.55. The van der Waals surface area contributed by atoms with Crippen LogP contribution in [0.2, 0.25) is 0 Å². The first-order valence-electron chi connectivity index (χ1n) is 5.27. The molecule has 17 heavy (non-hydrogen) atoms. The van der Waals surface area contributed by atoms with E-state index in [-0.39, 0.29) is 12.1 Å². The van der Waals surface area contributed by atoms with Gasteiger partial charge in [0.15, 0.2) is 0 Å². The number of carbonyl (C=O) groups is 2. The molecule has 94 valence electrons. The number of furan rings is 1. The lowest BCUT2D eigenvalue weighted by Gasteiger charge is -2.16. The maximum Gasteiger partial charge on any atom is 0.339 e. The third-order valence-electron chi connectivity index (χ3n) is 2.41. The molecule has 0 saturated carbocycles. The van der Waals surface area contributed by atoms with E-state index >= 15 is 0 Å². The van der Waals surface area contributed by atoms with Crippen LogP contribution < -0.4 is 5.73 Å². The van der Waals surface area contributed by atoms with Gasteiger partial charge in [-0.25, -0.2) is 4.79 Å². The van der Waals surface area contributed by atoms with E-state index in [1.807, 2.05) is 6.92 Å². The molecule has 0 aliphatic heterocycles. The van der Waals surface area contributed by atoms with E-state index in [0.29, 0.717) is 24.6 Å². The van der Waals surface area contributed by atoms with Crippen molar-refractivity contribution in [1.82, 2.24) is 4.90 Å². The molecular weight excluding hydrogens is 224 g/mol. The average Bonchev–Trinajstić information content (AvgIpc) is 2.57. The molecule has 0 saturated heterocycles. The Morgan fingerprint density at radius 1 is 1.53 bits per heavy atom. The second-order valence-corrected chi connectivity index (χ2v) is 3.76. The van der Waals surface area contributed by atoms with Gasteiger partial charge in [0.05, 0.1) is 13.1 Å². The minimum Gasteiger partial charge on any atom is -0.478 e. The zero-order valence-corrected chi connectivity index (χ0v) is 9.90. The van der Waals surface area contributed by atoms with Crippen molar-refractivity contribution in [3.63, 3.8) is 0 Å². The van der Waals surface area contributed by atoms with Crippen LogP contribution in [-0.2, 0) is 11.3 Å². The van der Waals surface area contributed by atoms with E-state index in [4.69, 9.17) is 15.3 Å². The highest BCUT2D eigenvalue weighted by atomic mass is 16.4. The van der Waals surface area contributed by atoms with Gasteiger partial charge in [-0.2, -0.15) is 0 Å². The van der Waals surface area contributed by atoms with E-state index in [1.165, 1.54) is 6.07 Å². The number of primary amides is 1. The maximum atomic E-state index is 10.8. The summed E-state index contributed by atoms with van der Waals surface area (Å²) in [4.78, 5) is 23.4. The molecule has 0 aliphatic carbocycles. The highest BCUT2D eigenvalue weighted by Gasteiger charge is 2.16. The van der Waals surface area contributed by atoms with Crippen LogP contribution in [0.1, 0.15) is 28.8 Å². The molecule has 1 aromatic rings. The molecule has 0 bridgehead atoms. The van der Waals surface area contributed by atoms with Crippen LogP contribution in [0, 0.1) is 6.92 Å². The van der Waals surface area contributed by atoms with Crippen LogP contribution in [0.4, 0.5) is 0 Å². The van der Waals surface area contributed by atoms with Crippen molar-refractivity contribution in [2.45, 2.75) is 20.4 Å². The minimum atomic E-state index is -1.02. The van der Waals surface area contributed by atoms with Crippen molar-refractivity contribution < 1.29 is 19.1 Å². The highest BCUT2D eigenvalue weighted by Crippen LogP contribution is 2.16. The van der Waals surface area contributed by atoms with Gasteiger partial charge in [0, 0.05) is 0 Å². The molecule has 3 N–H and O–H groups in total. The largest absolute Gasteiger partial charge is 0.478 e. The van der Waals surface area contributed by atoms with Crippen LogP contribution in [0.3, 0.4) is 0 Å². The summed E-state index contributed by atoms with van der Waals surface area (Å²) < 4.78 is 5.32. The number of carboxylic acid groups (broad SMARTS) is 1. The van der Waals surface area contributed by atoms with Crippen molar-refractivity contribution >= 4 is 11.9 Å². The van der Waals surface area contributed by atoms with Crippen LogP contribution in [-0.4, -0.2) is 35.0 Å². The van der Waals surface area contributed by atoms with E-state index < -0.39 is 11.9 Å². The molecule has 1 amide bonds. The summed E-state index contributed by atoms with van der Waals surface area (Å²) in [5.41, 5.74) is 5.25. The zero-order chi connectivity index (χ0) is 13.0. The molecule has 6 heteroatoms. The summed E-state index contributed by atoms with van der Waals surface area (Å²) in [6.45, 7) is 4.60. The first kappa shape index (κ1) is 13.2. The highest BCUT2D eigenvalue weighted by molar-refractivity contribution is 5.88. The zero-order valence-electron chi connectivity index (χ0n) is 9.90. The third kappa shape index (κ3) is 3.60. The van der Waals surface area contributed by atoms with Crippen molar-refractivity contribution in [2.75, 3.05) is 13.1 Å². The third-order valence-corrected chi connectivity index (χ3v) is 2.41. The van der Waals surface area contributed by atoms with E-state index in [1.54, 1.807) is 11.8 Å². The topological polar surface area (TPSA) is 96.8 Å². The molecule has 0 aliphatic rings. The van der Waals surface area contributed by atoms with Crippen LogP contribution in [0.15, 0.2) is 10.5 Å². The van der Waals surface area contributed by atoms with E-state index in [2.05, 4.69) is 0 Å². The number of aromatic carboxylic acids is 1. The lowest BCUT2D eigenvalue weighted by Crippen LogP contribution is -2.33. The van der Waals surface area contributed by atoms with Gasteiger partial charge < -0.3 is 15.3 Å². The Bertz CT molecular complexity index is 425. The lowest BCUT2D eigenvalue weighted by atomic mass is 10.2. The fraction of sp³-hybridized carbons (Fsp3) is 0.455. The minimum absolute atomic E-state index is 0.124. The summed E-state index contributed by atoms with van der Waals surface area (Å²) in [5.74, 6) is -0.560. The average molecular weight is 240 g/mol. The number of nitrogens with two attached hydrogens (primary N) is 1. The van der Waals surface area contributed by atoms with Crippen LogP contribution >= 0.6 is 0 Å². The van der Waals surface area contributed by atoms with Gasteiger partial charge in [-0.1, -0.05) is 6.92 Å². The van der Waals surface area contributed by atoms with Crippen molar-refractivity contribution in [1.29, 1.82) is 0 Å². The molecule has 0 spiro atoms. The molecule has 1 aromatic heterocycles. The Balaban J connectivity index is 2.76. The number of likely N-dealkylation sites (N-methyl/N-ethyl adjacent to an activating group) is 1. The monoisotopic (exact) mass is 240 g/mol. The quantitative estimate of drug-likeness (QED) is 0.758. The molecule has 0 atom stereocenters.